The zero-order chi connectivity index (χ0) is 9.40. The van der Waals surface area contributed by atoms with Crippen molar-refractivity contribution >= 4 is 0 Å². The first-order valence-electron chi connectivity index (χ1n) is 4.21. The van der Waals surface area contributed by atoms with Crippen LogP contribution in [-0.2, 0) is 0 Å². The number of unbranched alkanes of at least 4 members (excludes halogenated alkanes) is 1. The Morgan fingerprint density at radius 3 is 2.50 bits per heavy atom. The van der Waals surface area contributed by atoms with Crippen molar-refractivity contribution in [2.45, 2.75) is 19.8 Å². The molecule has 0 N–H and O–H groups in total. The molecule has 3 nitrogen and oxygen atoms in total. The van der Waals surface area contributed by atoms with E-state index in [1.807, 2.05) is 0 Å². The van der Waals surface area contributed by atoms with Crippen LogP contribution in [0.1, 0.15) is 19.8 Å². The molecule has 0 saturated heterocycles. The van der Waals surface area contributed by atoms with Crippen molar-refractivity contribution in [3.05, 3.63) is 12.4 Å². The standard InChI is InChI=1S/C8H16N2.CHN/c1-3-4-5-10-7-6-9(2)8-10;1-2/h6-7H,3-5,8H2,1-2H3;1H. The van der Waals surface area contributed by atoms with Gasteiger partial charge in [0.2, 0.25) is 0 Å². The van der Waals surface area contributed by atoms with Gasteiger partial charge < -0.3 is 9.80 Å². The molecule has 0 unspecified atom stereocenters. The van der Waals surface area contributed by atoms with E-state index >= 15 is 0 Å². The number of hydrogen-bond donors (Lipinski definition) is 0. The van der Waals surface area contributed by atoms with Crippen molar-refractivity contribution in [2.24, 2.45) is 0 Å². The third kappa shape index (κ3) is 3.87. The van der Waals surface area contributed by atoms with Gasteiger partial charge in [0.05, 0.1) is 6.67 Å². The molecule has 1 aliphatic rings. The van der Waals surface area contributed by atoms with Gasteiger partial charge in [-0.25, -0.2) is 5.26 Å². The van der Waals surface area contributed by atoms with Gasteiger partial charge in [-0.05, 0) is 6.42 Å². The highest BCUT2D eigenvalue weighted by Crippen LogP contribution is 2.04. The predicted octanol–water partition coefficient (Wildman–Crippen LogP) is 1.60. The van der Waals surface area contributed by atoms with E-state index in [4.69, 9.17) is 5.26 Å². The first-order valence-corrected chi connectivity index (χ1v) is 4.21. The van der Waals surface area contributed by atoms with Gasteiger partial charge in [0, 0.05) is 32.6 Å². The van der Waals surface area contributed by atoms with Gasteiger partial charge in [0.15, 0.2) is 0 Å². The second kappa shape index (κ2) is 6.53. The second-order valence-corrected chi connectivity index (χ2v) is 2.86. The van der Waals surface area contributed by atoms with Crippen LogP contribution < -0.4 is 0 Å². The van der Waals surface area contributed by atoms with Gasteiger partial charge in [0.25, 0.3) is 0 Å². The average Bonchev–Trinajstić information content (AvgIpc) is 2.51. The zero-order valence-corrected chi connectivity index (χ0v) is 7.90. The van der Waals surface area contributed by atoms with E-state index in [1.54, 1.807) is 0 Å². The maximum Gasteiger partial charge on any atom is 0.0890 e. The Morgan fingerprint density at radius 2 is 2.08 bits per heavy atom. The van der Waals surface area contributed by atoms with Crippen LogP contribution in [0, 0.1) is 11.8 Å². The summed E-state index contributed by atoms with van der Waals surface area (Å²) in [7, 11) is 2.10. The van der Waals surface area contributed by atoms with Crippen molar-refractivity contribution in [3.8, 4) is 6.57 Å². The van der Waals surface area contributed by atoms with Crippen molar-refractivity contribution in [1.29, 1.82) is 5.26 Å². The van der Waals surface area contributed by atoms with Crippen molar-refractivity contribution in [1.82, 2.24) is 9.80 Å². The van der Waals surface area contributed by atoms with Gasteiger partial charge in [-0.1, -0.05) is 13.3 Å². The third-order valence-electron chi connectivity index (χ3n) is 1.74. The summed E-state index contributed by atoms with van der Waals surface area (Å²) >= 11 is 0. The fourth-order valence-corrected chi connectivity index (χ4v) is 1.10. The van der Waals surface area contributed by atoms with E-state index in [2.05, 4.69) is 42.7 Å². The summed E-state index contributed by atoms with van der Waals surface area (Å²) in [5.74, 6) is 0. The van der Waals surface area contributed by atoms with Crippen LogP contribution in [0.5, 0.6) is 0 Å². The van der Waals surface area contributed by atoms with Crippen LogP contribution in [0.2, 0.25) is 0 Å². The number of nitriles is 1. The Balaban J connectivity index is 0.000000561. The summed E-state index contributed by atoms with van der Waals surface area (Å²) in [5.41, 5.74) is 0. The smallest absolute Gasteiger partial charge is 0.0890 e. The predicted molar refractivity (Wildman–Crippen MR) is 50.1 cm³/mol. The SMILES string of the molecule is C#N.CCCCN1C=CN(C)C1. The summed E-state index contributed by atoms with van der Waals surface area (Å²) in [5, 5.41) is 6.50. The van der Waals surface area contributed by atoms with Crippen molar-refractivity contribution < 1.29 is 0 Å². The van der Waals surface area contributed by atoms with Crippen LogP contribution >= 0.6 is 0 Å². The molecular weight excluding hydrogens is 150 g/mol. The topological polar surface area (TPSA) is 30.3 Å². The maximum absolute atomic E-state index is 6.50. The zero-order valence-electron chi connectivity index (χ0n) is 7.90. The summed E-state index contributed by atoms with van der Waals surface area (Å²) in [4.78, 5) is 4.53. The maximum atomic E-state index is 6.50. The number of hydrogen-bond acceptors (Lipinski definition) is 3. The molecule has 0 aliphatic carbocycles. The molecule has 0 spiro atoms. The lowest BCUT2D eigenvalue weighted by Crippen LogP contribution is -2.23. The molecule has 0 aromatic heterocycles. The van der Waals surface area contributed by atoms with E-state index in [9.17, 15) is 0 Å². The molecule has 0 aromatic rings. The van der Waals surface area contributed by atoms with Gasteiger partial charge in [-0.2, -0.15) is 0 Å². The monoisotopic (exact) mass is 167 g/mol. The molecule has 0 fully saturated rings. The van der Waals surface area contributed by atoms with Crippen LogP contribution in [0.25, 0.3) is 0 Å². The van der Waals surface area contributed by atoms with Crippen molar-refractivity contribution in [3.63, 3.8) is 0 Å². The quantitative estimate of drug-likeness (QED) is 0.639. The fourth-order valence-electron chi connectivity index (χ4n) is 1.10. The Kier molecular flexibility index (Phi) is 5.90. The minimum absolute atomic E-state index is 1.07. The van der Waals surface area contributed by atoms with Crippen LogP contribution in [0.3, 0.4) is 0 Å². The first kappa shape index (κ1) is 10.8. The first-order chi connectivity index (χ1) is 5.83. The third-order valence-corrected chi connectivity index (χ3v) is 1.74. The molecule has 0 aromatic carbocycles. The Hall–Kier alpha value is -1.17. The number of rotatable bonds is 3. The highest BCUT2D eigenvalue weighted by atomic mass is 15.3. The molecule has 0 radical (unpaired) electrons. The summed E-state index contributed by atoms with van der Waals surface area (Å²) < 4.78 is 0. The summed E-state index contributed by atoms with van der Waals surface area (Å²) in [6.07, 6.45) is 6.87. The Morgan fingerprint density at radius 1 is 1.42 bits per heavy atom. The van der Waals surface area contributed by atoms with Gasteiger partial charge in [0.1, 0.15) is 0 Å². The lowest BCUT2D eigenvalue weighted by molar-refractivity contribution is 0.293. The normalized spacial score (nSPS) is 14.3. The van der Waals surface area contributed by atoms with Crippen LogP contribution in [-0.4, -0.2) is 30.1 Å². The Labute approximate surface area is 74.9 Å². The average molecular weight is 167 g/mol. The highest BCUT2D eigenvalue weighted by molar-refractivity contribution is 4.88. The van der Waals surface area contributed by atoms with Gasteiger partial charge >= 0.3 is 0 Å². The molecule has 3 heteroatoms. The summed E-state index contributed by atoms with van der Waals surface area (Å²) in [6, 6.07) is 0. The molecule has 0 amide bonds. The second-order valence-electron chi connectivity index (χ2n) is 2.86. The lowest BCUT2D eigenvalue weighted by atomic mass is 10.3. The molecule has 1 rings (SSSR count). The molecule has 0 atom stereocenters. The lowest BCUT2D eigenvalue weighted by Gasteiger charge is -2.17. The molecule has 1 aliphatic heterocycles. The van der Waals surface area contributed by atoms with E-state index in [-0.39, 0.29) is 0 Å². The van der Waals surface area contributed by atoms with Crippen LogP contribution in [0.15, 0.2) is 12.4 Å². The van der Waals surface area contributed by atoms with E-state index in [0.29, 0.717) is 0 Å². The molecule has 0 bridgehead atoms. The molecule has 0 saturated carbocycles. The van der Waals surface area contributed by atoms with Gasteiger partial charge in [-0.15, -0.1) is 0 Å². The molecule has 1 heterocycles. The molecular formula is C9H17N3. The highest BCUT2D eigenvalue weighted by Gasteiger charge is 2.05. The van der Waals surface area contributed by atoms with E-state index in [1.165, 1.54) is 19.4 Å². The van der Waals surface area contributed by atoms with E-state index in [0.717, 1.165) is 6.67 Å². The van der Waals surface area contributed by atoms with Gasteiger partial charge in [-0.3, -0.25) is 0 Å². The number of nitrogens with zero attached hydrogens (tertiary/aromatic N) is 3. The Bertz CT molecular complexity index is 151. The fraction of sp³-hybridized carbons (Fsp3) is 0.667. The van der Waals surface area contributed by atoms with E-state index < -0.39 is 0 Å². The van der Waals surface area contributed by atoms with Crippen molar-refractivity contribution in [2.75, 3.05) is 20.3 Å². The molecule has 12 heavy (non-hydrogen) atoms. The van der Waals surface area contributed by atoms with Crippen LogP contribution in [0.4, 0.5) is 0 Å². The minimum atomic E-state index is 1.07. The summed E-state index contributed by atoms with van der Waals surface area (Å²) in [6.45, 7) is 8.00. The minimum Gasteiger partial charge on any atom is -0.362 e. The molecule has 68 valence electrons. The largest absolute Gasteiger partial charge is 0.362 e.